The van der Waals surface area contributed by atoms with Crippen molar-refractivity contribution in [2.75, 3.05) is 24.6 Å². The molecule has 0 aromatic carbocycles. The first-order valence-corrected chi connectivity index (χ1v) is 8.05. The van der Waals surface area contributed by atoms with Crippen LogP contribution in [-0.2, 0) is 0 Å². The molecule has 1 aliphatic carbocycles. The fourth-order valence-electron chi connectivity index (χ4n) is 2.82. The molecule has 2 fully saturated rings. The van der Waals surface area contributed by atoms with Gasteiger partial charge in [0.25, 0.3) is 0 Å². The first kappa shape index (κ1) is 12.7. The summed E-state index contributed by atoms with van der Waals surface area (Å²) in [6.45, 7) is 4.43. The van der Waals surface area contributed by atoms with E-state index in [-0.39, 0.29) is 0 Å². The fraction of sp³-hybridized carbons (Fsp3) is 1.00. The number of hydrogen-bond donors (Lipinski definition) is 1. The number of hydrogen-bond acceptors (Lipinski definition) is 3. The summed E-state index contributed by atoms with van der Waals surface area (Å²) in [5, 5.41) is 0. The summed E-state index contributed by atoms with van der Waals surface area (Å²) in [6.07, 6.45) is 6.87. The number of unbranched alkanes of at least 4 members (excludes halogenated alkanes) is 1. The van der Waals surface area contributed by atoms with Crippen LogP contribution in [-0.4, -0.2) is 41.6 Å². The quantitative estimate of drug-likeness (QED) is 0.743. The van der Waals surface area contributed by atoms with E-state index in [9.17, 15) is 0 Å². The van der Waals surface area contributed by atoms with Crippen molar-refractivity contribution in [3.63, 3.8) is 0 Å². The van der Waals surface area contributed by atoms with Crippen molar-refractivity contribution >= 4 is 11.8 Å². The van der Waals surface area contributed by atoms with E-state index in [0.717, 1.165) is 18.5 Å². The molecule has 16 heavy (non-hydrogen) atoms. The largest absolute Gasteiger partial charge is 0.329 e. The van der Waals surface area contributed by atoms with Gasteiger partial charge in [0.15, 0.2) is 0 Å². The van der Waals surface area contributed by atoms with E-state index in [1.165, 1.54) is 50.2 Å². The molecule has 2 aliphatic rings. The second-order valence-electron chi connectivity index (χ2n) is 5.25. The highest BCUT2D eigenvalue weighted by Gasteiger charge is 2.37. The molecule has 2 atom stereocenters. The lowest BCUT2D eigenvalue weighted by Crippen LogP contribution is -2.47. The second kappa shape index (κ2) is 6.27. The third-order valence-corrected chi connectivity index (χ3v) is 5.15. The lowest BCUT2D eigenvalue weighted by molar-refractivity contribution is 0.144. The van der Waals surface area contributed by atoms with E-state index in [0.29, 0.717) is 6.04 Å². The zero-order valence-electron chi connectivity index (χ0n) is 10.5. The van der Waals surface area contributed by atoms with Crippen molar-refractivity contribution in [2.24, 2.45) is 11.7 Å². The van der Waals surface area contributed by atoms with Crippen LogP contribution in [0, 0.1) is 5.92 Å². The average molecular weight is 242 g/mol. The van der Waals surface area contributed by atoms with E-state index in [1.807, 2.05) is 0 Å². The minimum atomic E-state index is 0.675. The maximum atomic E-state index is 6.04. The molecule has 2 unspecified atom stereocenters. The summed E-state index contributed by atoms with van der Waals surface area (Å²) >= 11 is 2.12. The van der Waals surface area contributed by atoms with E-state index >= 15 is 0 Å². The molecule has 1 heterocycles. The zero-order valence-corrected chi connectivity index (χ0v) is 11.3. The average Bonchev–Trinajstić information content (AvgIpc) is 3.00. The lowest BCUT2D eigenvalue weighted by atomic mass is 9.97. The molecule has 1 aliphatic heterocycles. The number of thioether (sulfide) groups is 1. The fourth-order valence-corrected chi connectivity index (χ4v) is 4.15. The van der Waals surface area contributed by atoms with Crippen LogP contribution in [0.4, 0.5) is 0 Å². The first-order chi connectivity index (χ1) is 7.86. The summed E-state index contributed by atoms with van der Waals surface area (Å²) in [5.41, 5.74) is 6.04. The number of nitrogens with two attached hydrogens (primary N) is 1. The van der Waals surface area contributed by atoms with Gasteiger partial charge in [-0.2, -0.15) is 11.8 Å². The van der Waals surface area contributed by atoms with Crippen molar-refractivity contribution in [2.45, 2.75) is 51.1 Å². The van der Waals surface area contributed by atoms with E-state index in [1.54, 1.807) is 0 Å². The maximum Gasteiger partial charge on any atom is 0.0257 e. The van der Waals surface area contributed by atoms with Crippen molar-refractivity contribution in [3.05, 3.63) is 0 Å². The molecule has 1 saturated carbocycles. The molecular formula is C13H26N2S. The van der Waals surface area contributed by atoms with Gasteiger partial charge in [-0.15, -0.1) is 0 Å². The monoisotopic (exact) mass is 242 g/mol. The van der Waals surface area contributed by atoms with Gasteiger partial charge in [0.05, 0.1) is 0 Å². The highest BCUT2D eigenvalue weighted by molar-refractivity contribution is 7.99. The predicted octanol–water partition coefficient (Wildman–Crippen LogP) is 2.33. The highest BCUT2D eigenvalue weighted by atomic mass is 32.2. The van der Waals surface area contributed by atoms with Crippen molar-refractivity contribution in [1.82, 2.24) is 4.90 Å². The van der Waals surface area contributed by atoms with Crippen molar-refractivity contribution < 1.29 is 0 Å². The van der Waals surface area contributed by atoms with E-state index < -0.39 is 0 Å². The number of rotatable bonds is 7. The first-order valence-electron chi connectivity index (χ1n) is 6.90. The highest BCUT2D eigenvalue weighted by Crippen LogP contribution is 2.35. The summed E-state index contributed by atoms with van der Waals surface area (Å²) in [5.74, 6) is 3.57. The van der Waals surface area contributed by atoms with Crippen LogP contribution < -0.4 is 5.73 Å². The molecule has 0 aromatic heterocycles. The maximum absolute atomic E-state index is 6.04. The van der Waals surface area contributed by atoms with Crippen LogP contribution in [0.3, 0.4) is 0 Å². The minimum absolute atomic E-state index is 0.675. The standard InChI is InChI=1S/C13H26N2S/c1-2-3-7-15(12-4-5-12)13(9-14)11-6-8-16-10-11/h11-13H,2-10,14H2,1H3. The normalized spacial score (nSPS) is 27.6. The molecule has 2 N–H and O–H groups in total. The Bertz CT molecular complexity index is 200. The molecule has 0 radical (unpaired) electrons. The Labute approximate surface area is 104 Å². The lowest BCUT2D eigenvalue weighted by Gasteiger charge is -2.35. The minimum Gasteiger partial charge on any atom is -0.329 e. The second-order valence-corrected chi connectivity index (χ2v) is 6.40. The van der Waals surface area contributed by atoms with Gasteiger partial charge in [0, 0.05) is 18.6 Å². The molecule has 0 amide bonds. The molecule has 0 aromatic rings. The van der Waals surface area contributed by atoms with Crippen molar-refractivity contribution in [1.29, 1.82) is 0 Å². The van der Waals surface area contributed by atoms with Gasteiger partial charge >= 0.3 is 0 Å². The van der Waals surface area contributed by atoms with Crippen LogP contribution in [0.25, 0.3) is 0 Å². The van der Waals surface area contributed by atoms with Gasteiger partial charge in [-0.25, -0.2) is 0 Å². The summed E-state index contributed by atoms with van der Waals surface area (Å²) in [4.78, 5) is 2.75. The predicted molar refractivity (Wildman–Crippen MR) is 72.9 cm³/mol. The number of nitrogens with zero attached hydrogens (tertiary/aromatic N) is 1. The Morgan fingerprint density at radius 2 is 2.19 bits per heavy atom. The Hall–Kier alpha value is 0.270. The molecule has 0 bridgehead atoms. The molecule has 3 heteroatoms. The van der Waals surface area contributed by atoms with Gasteiger partial charge in [-0.1, -0.05) is 13.3 Å². The summed E-state index contributed by atoms with van der Waals surface area (Å²) < 4.78 is 0. The van der Waals surface area contributed by atoms with E-state index in [2.05, 4.69) is 23.6 Å². The van der Waals surface area contributed by atoms with Crippen LogP contribution in [0.15, 0.2) is 0 Å². The Balaban J connectivity index is 1.91. The van der Waals surface area contributed by atoms with Gasteiger partial charge < -0.3 is 5.73 Å². The van der Waals surface area contributed by atoms with Gasteiger partial charge in [-0.3, -0.25) is 4.90 Å². The molecule has 1 saturated heterocycles. The molecular weight excluding hydrogens is 216 g/mol. The summed E-state index contributed by atoms with van der Waals surface area (Å²) in [6, 6.07) is 1.56. The molecule has 0 spiro atoms. The van der Waals surface area contributed by atoms with Gasteiger partial charge in [0.2, 0.25) is 0 Å². The van der Waals surface area contributed by atoms with Crippen LogP contribution in [0.5, 0.6) is 0 Å². The Kier molecular flexibility index (Phi) is 4.98. The topological polar surface area (TPSA) is 29.3 Å². The van der Waals surface area contributed by atoms with Crippen LogP contribution in [0.1, 0.15) is 39.0 Å². The van der Waals surface area contributed by atoms with Gasteiger partial charge in [-0.05, 0) is 49.7 Å². The third kappa shape index (κ3) is 3.14. The van der Waals surface area contributed by atoms with Gasteiger partial charge in [0.1, 0.15) is 0 Å². The third-order valence-electron chi connectivity index (χ3n) is 3.96. The smallest absolute Gasteiger partial charge is 0.0257 e. The summed E-state index contributed by atoms with van der Waals surface area (Å²) in [7, 11) is 0. The molecule has 2 rings (SSSR count). The van der Waals surface area contributed by atoms with Crippen LogP contribution >= 0.6 is 11.8 Å². The van der Waals surface area contributed by atoms with Crippen molar-refractivity contribution in [3.8, 4) is 0 Å². The molecule has 94 valence electrons. The molecule has 2 nitrogen and oxygen atoms in total. The van der Waals surface area contributed by atoms with E-state index in [4.69, 9.17) is 5.73 Å². The zero-order chi connectivity index (χ0) is 11.4. The Morgan fingerprint density at radius 1 is 1.38 bits per heavy atom. The SMILES string of the molecule is CCCCN(C1CC1)C(CN)C1CCSC1. The Morgan fingerprint density at radius 3 is 2.69 bits per heavy atom. The van der Waals surface area contributed by atoms with Crippen LogP contribution in [0.2, 0.25) is 0 Å².